The quantitative estimate of drug-likeness (QED) is 0.727. The van der Waals surface area contributed by atoms with Crippen LogP contribution in [0.1, 0.15) is 46.0 Å². The molecule has 0 aromatic heterocycles. The molecule has 1 unspecified atom stereocenters. The number of aliphatic carboxylic acids is 1. The highest BCUT2D eigenvalue weighted by Gasteiger charge is 2.31. The number of rotatable bonds is 6. The zero-order valence-electron chi connectivity index (χ0n) is 10.1. The van der Waals surface area contributed by atoms with Gasteiger partial charge in [-0.05, 0) is 24.2 Å². The molecule has 4 heteroatoms. The lowest BCUT2D eigenvalue weighted by Gasteiger charge is -2.38. The summed E-state index contributed by atoms with van der Waals surface area (Å²) in [6, 6.07) is 0. The summed E-state index contributed by atoms with van der Waals surface area (Å²) in [4.78, 5) is 21.9. The fourth-order valence-electron chi connectivity index (χ4n) is 2.03. The number of carbonyl (C=O) groups is 2. The van der Waals surface area contributed by atoms with Crippen LogP contribution in [0.2, 0.25) is 0 Å². The first kappa shape index (κ1) is 13.0. The van der Waals surface area contributed by atoms with Crippen LogP contribution in [0.3, 0.4) is 0 Å². The SMILES string of the molecule is CC(CC(=O)O)CC(=O)NCC1(C)CCC1. The van der Waals surface area contributed by atoms with Gasteiger partial charge in [-0.2, -0.15) is 0 Å². The lowest BCUT2D eigenvalue weighted by Crippen LogP contribution is -2.40. The normalized spacial score (nSPS) is 19.6. The summed E-state index contributed by atoms with van der Waals surface area (Å²) in [5.41, 5.74) is 0.283. The summed E-state index contributed by atoms with van der Waals surface area (Å²) in [5, 5.41) is 11.5. The molecule has 4 nitrogen and oxygen atoms in total. The van der Waals surface area contributed by atoms with Gasteiger partial charge in [0.25, 0.3) is 0 Å². The van der Waals surface area contributed by atoms with Gasteiger partial charge in [-0.1, -0.05) is 20.3 Å². The maximum absolute atomic E-state index is 11.5. The van der Waals surface area contributed by atoms with Crippen LogP contribution in [0.4, 0.5) is 0 Å². The van der Waals surface area contributed by atoms with Gasteiger partial charge in [-0.25, -0.2) is 0 Å². The Balaban J connectivity index is 2.17. The molecule has 16 heavy (non-hydrogen) atoms. The zero-order valence-corrected chi connectivity index (χ0v) is 10.1. The molecule has 0 spiro atoms. The molecular formula is C12H21NO3. The molecule has 0 radical (unpaired) electrons. The van der Waals surface area contributed by atoms with Crippen LogP contribution in [0.5, 0.6) is 0 Å². The van der Waals surface area contributed by atoms with E-state index in [1.807, 2.05) is 0 Å². The molecule has 1 saturated carbocycles. The van der Waals surface area contributed by atoms with Crippen molar-refractivity contribution in [3.8, 4) is 0 Å². The van der Waals surface area contributed by atoms with Crippen LogP contribution in [-0.4, -0.2) is 23.5 Å². The predicted molar refractivity (Wildman–Crippen MR) is 61.0 cm³/mol. The van der Waals surface area contributed by atoms with Crippen molar-refractivity contribution in [3.05, 3.63) is 0 Å². The van der Waals surface area contributed by atoms with Gasteiger partial charge in [0, 0.05) is 19.4 Å². The summed E-state index contributed by atoms with van der Waals surface area (Å²) < 4.78 is 0. The van der Waals surface area contributed by atoms with E-state index in [1.165, 1.54) is 19.3 Å². The number of carboxylic acids is 1. The van der Waals surface area contributed by atoms with E-state index in [4.69, 9.17) is 5.11 Å². The van der Waals surface area contributed by atoms with Gasteiger partial charge in [0.05, 0.1) is 0 Å². The molecule has 1 atom stereocenters. The second-order valence-corrected chi connectivity index (χ2v) is 5.35. The first-order valence-electron chi connectivity index (χ1n) is 5.90. The molecule has 1 rings (SSSR count). The molecule has 1 aliphatic rings. The van der Waals surface area contributed by atoms with E-state index < -0.39 is 5.97 Å². The predicted octanol–water partition coefficient (Wildman–Crippen LogP) is 1.79. The fraction of sp³-hybridized carbons (Fsp3) is 0.833. The van der Waals surface area contributed by atoms with Crippen molar-refractivity contribution in [1.82, 2.24) is 5.32 Å². The lowest BCUT2D eigenvalue weighted by atomic mass is 9.70. The molecule has 2 N–H and O–H groups in total. The molecular weight excluding hydrogens is 206 g/mol. The highest BCUT2D eigenvalue weighted by atomic mass is 16.4. The number of nitrogens with one attached hydrogen (secondary N) is 1. The maximum atomic E-state index is 11.5. The Labute approximate surface area is 96.4 Å². The second-order valence-electron chi connectivity index (χ2n) is 5.35. The van der Waals surface area contributed by atoms with E-state index in [0.29, 0.717) is 6.42 Å². The van der Waals surface area contributed by atoms with Crippen LogP contribution in [0.15, 0.2) is 0 Å². The fourth-order valence-corrected chi connectivity index (χ4v) is 2.03. The standard InChI is InChI=1S/C12H21NO3/c1-9(7-11(15)16)6-10(14)13-8-12(2)4-3-5-12/h9H,3-8H2,1-2H3,(H,13,14)(H,15,16). The van der Waals surface area contributed by atoms with Crippen molar-refractivity contribution in [2.75, 3.05) is 6.54 Å². The van der Waals surface area contributed by atoms with E-state index >= 15 is 0 Å². The minimum Gasteiger partial charge on any atom is -0.481 e. The first-order chi connectivity index (χ1) is 7.41. The van der Waals surface area contributed by atoms with E-state index in [2.05, 4.69) is 12.2 Å². The molecule has 0 aromatic carbocycles. The highest BCUT2D eigenvalue weighted by molar-refractivity contribution is 5.77. The molecule has 0 bridgehead atoms. The Bertz CT molecular complexity index is 271. The summed E-state index contributed by atoms with van der Waals surface area (Å²) in [6.07, 6.45) is 3.98. The third kappa shape index (κ3) is 4.21. The average Bonchev–Trinajstić information content (AvgIpc) is 2.10. The average molecular weight is 227 g/mol. The lowest BCUT2D eigenvalue weighted by molar-refractivity contribution is -0.138. The Morgan fingerprint density at radius 3 is 2.44 bits per heavy atom. The largest absolute Gasteiger partial charge is 0.481 e. The molecule has 0 heterocycles. The van der Waals surface area contributed by atoms with Crippen molar-refractivity contribution in [2.24, 2.45) is 11.3 Å². The Morgan fingerprint density at radius 2 is 2.00 bits per heavy atom. The number of carboxylic acid groups (broad SMARTS) is 1. The Kier molecular flexibility index (Phi) is 4.33. The van der Waals surface area contributed by atoms with Crippen LogP contribution in [0.25, 0.3) is 0 Å². The molecule has 1 amide bonds. The summed E-state index contributed by atoms with van der Waals surface area (Å²) in [6.45, 7) is 4.70. The Morgan fingerprint density at radius 1 is 1.38 bits per heavy atom. The maximum Gasteiger partial charge on any atom is 0.303 e. The van der Waals surface area contributed by atoms with Crippen molar-refractivity contribution in [3.63, 3.8) is 0 Å². The summed E-state index contributed by atoms with van der Waals surface area (Å²) >= 11 is 0. The molecule has 0 aromatic rings. The minimum absolute atomic E-state index is 0.0260. The smallest absolute Gasteiger partial charge is 0.303 e. The van der Waals surface area contributed by atoms with E-state index in [9.17, 15) is 9.59 Å². The third-order valence-corrected chi connectivity index (χ3v) is 3.33. The van der Waals surface area contributed by atoms with Crippen molar-refractivity contribution in [2.45, 2.75) is 46.0 Å². The van der Waals surface area contributed by atoms with Gasteiger partial charge in [-0.3, -0.25) is 9.59 Å². The van der Waals surface area contributed by atoms with Crippen LogP contribution in [0, 0.1) is 11.3 Å². The van der Waals surface area contributed by atoms with E-state index in [-0.39, 0.29) is 23.7 Å². The topological polar surface area (TPSA) is 66.4 Å². The molecule has 0 saturated heterocycles. The van der Waals surface area contributed by atoms with Gasteiger partial charge in [0.15, 0.2) is 0 Å². The van der Waals surface area contributed by atoms with Crippen molar-refractivity contribution < 1.29 is 14.7 Å². The van der Waals surface area contributed by atoms with Gasteiger partial charge in [0.2, 0.25) is 5.91 Å². The number of hydrogen-bond acceptors (Lipinski definition) is 2. The van der Waals surface area contributed by atoms with Gasteiger partial charge in [-0.15, -0.1) is 0 Å². The summed E-state index contributed by atoms with van der Waals surface area (Å²) in [7, 11) is 0. The summed E-state index contributed by atoms with van der Waals surface area (Å²) in [5.74, 6) is -0.958. The van der Waals surface area contributed by atoms with E-state index in [0.717, 1.165) is 6.54 Å². The first-order valence-corrected chi connectivity index (χ1v) is 5.90. The Hall–Kier alpha value is -1.06. The van der Waals surface area contributed by atoms with Gasteiger partial charge in [0.1, 0.15) is 0 Å². The van der Waals surface area contributed by atoms with E-state index in [1.54, 1.807) is 6.92 Å². The van der Waals surface area contributed by atoms with Gasteiger partial charge < -0.3 is 10.4 Å². The van der Waals surface area contributed by atoms with Crippen LogP contribution < -0.4 is 5.32 Å². The number of amides is 1. The van der Waals surface area contributed by atoms with Crippen molar-refractivity contribution >= 4 is 11.9 Å². The van der Waals surface area contributed by atoms with Crippen LogP contribution in [-0.2, 0) is 9.59 Å². The monoisotopic (exact) mass is 227 g/mol. The van der Waals surface area contributed by atoms with Crippen molar-refractivity contribution in [1.29, 1.82) is 0 Å². The molecule has 0 aliphatic heterocycles. The minimum atomic E-state index is -0.841. The molecule has 1 aliphatic carbocycles. The second kappa shape index (κ2) is 5.32. The van der Waals surface area contributed by atoms with Gasteiger partial charge >= 0.3 is 5.97 Å². The number of hydrogen-bond donors (Lipinski definition) is 2. The molecule has 92 valence electrons. The molecule has 1 fully saturated rings. The highest BCUT2D eigenvalue weighted by Crippen LogP contribution is 2.39. The van der Waals surface area contributed by atoms with Crippen LogP contribution >= 0.6 is 0 Å². The number of carbonyl (C=O) groups excluding carboxylic acids is 1. The zero-order chi connectivity index (χ0) is 12.2. The third-order valence-electron chi connectivity index (χ3n) is 3.33.